The van der Waals surface area contributed by atoms with Crippen molar-refractivity contribution in [3.8, 4) is 0 Å². The molecular formula is C14H10ClF3O. The summed E-state index contributed by atoms with van der Waals surface area (Å²) >= 11 is 5.52. The molecule has 19 heavy (non-hydrogen) atoms. The van der Waals surface area contributed by atoms with E-state index in [9.17, 15) is 18.3 Å². The Kier molecular flexibility index (Phi) is 3.83. The van der Waals surface area contributed by atoms with E-state index >= 15 is 0 Å². The Balaban J connectivity index is 2.47. The van der Waals surface area contributed by atoms with Crippen LogP contribution in [0.1, 0.15) is 22.8 Å². The molecule has 5 heteroatoms. The topological polar surface area (TPSA) is 20.2 Å². The van der Waals surface area contributed by atoms with Crippen molar-refractivity contribution in [1.82, 2.24) is 0 Å². The van der Waals surface area contributed by atoms with E-state index in [0.29, 0.717) is 0 Å². The molecule has 1 unspecified atom stereocenters. The van der Waals surface area contributed by atoms with Gasteiger partial charge in [0, 0.05) is 5.56 Å². The second-order valence-corrected chi connectivity index (χ2v) is 4.58. The largest absolute Gasteiger partial charge is 0.384 e. The maximum absolute atomic E-state index is 13.7. The van der Waals surface area contributed by atoms with Gasteiger partial charge in [-0.15, -0.1) is 0 Å². The third kappa shape index (κ3) is 2.60. The first kappa shape index (κ1) is 13.9. The van der Waals surface area contributed by atoms with Crippen LogP contribution in [0, 0.1) is 24.4 Å². The van der Waals surface area contributed by atoms with E-state index in [1.54, 1.807) is 0 Å². The van der Waals surface area contributed by atoms with Gasteiger partial charge < -0.3 is 5.11 Å². The highest BCUT2D eigenvalue weighted by Gasteiger charge is 2.19. The lowest BCUT2D eigenvalue weighted by Gasteiger charge is -2.14. The van der Waals surface area contributed by atoms with Crippen molar-refractivity contribution < 1.29 is 18.3 Å². The smallest absolute Gasteiger partial charge is 0.165 e. The molecule has 2 aromatic carbocycles. The van der Waals surface area contributed by atoms with Crippen molar-refractivity contribution in [2.24, 2.45) is 0 Å². The summed E-state index contributed by atoms with van der Waals surface area (Å²) in [6.07, 6.45) is -1.46. The Hall–Kier alpha value is -1.52. The van der Waals surface area contributed by atoms with E-state index in [2.05, 4.69) is 0 Å². The summed E-state index contributed by atoms with van der Waals surface area (Å²) in [5, 5.41) is 9.88. The number of rotatable bonds is 2. The molecule has 0 radical (unpaired) electrons. The minimum Gasteiger partial charge on any atom is -0.384 e. The molecule has 0 spiro atoms. The van der Waals surface area contributed by atoms with E-state index in [-0.39, 0.29) is 21.7 Å². The molecule has 100 valence electrons. The Labute approximate surface area is 113 Å². The van der Waals surface area contributed by atoms with Crippen LogP contribution in [0.4, 0.5) is 13.2 Å². The van der Waals surface area contributed by atoms with Gasteiger partial charge in [-0.05, 0) is 30.2 Å². The molecule has 0 aliphatic heterocycles. The van der Waals surface area contributed by atoms with Crippen molar-refractivity contribution in [3.63, 3.8) is 0 Å². The van der Waals surface area contributed by atoms with E-state index in [4.69, 9.17) is 11.6 Å². The molecule has 1 atom stereocenters. The van der Waals surface area contributed by atoms with Gasteiger partial charge in [0.15, 0.2) is 11.6 Å². The summed E-state index contributed by atoms with van der Waals surface area (Å²) in [4.78, 5) is 0. The predicted octanol–water partition coefficient (Wildman–Crippen LogP) is 4.15. The fraction of sp³-hybridized carbons (Fsp3) is 0.143. The molecule has 0 amide bonds. The van der Waals surface area contributed by atoms with E-state index in [0.717, 1.165) is 6.07 Å². The number of hydrogen-bond acceptors (Lipinski definition) is 1. The molecule has 1 nitrogen and oxygen atoms in total. The van der Waals surface area contributed by atoms with E-state index in [1.807, 2.05) is 0 Å². The normalized spacial score (nSPS) is 12.5. The molecule has 0 aliphatic carbocycles. The van der Waals surface area contributed by atoms with Crippen molar-refractivity contribution in [2.45, 2.75) is 13.0 Å². The maximum Gasteiger partial charge on any atom is 0.165 e. The quantitative estimate of drug-likeness (QED) is 0.879. The molecule has 0 saturated carbocycles. The van der Waals surface area contributed by atoms with Crippen LogP contribution in [0.25, 0.3) is 0 Å². The average Bonchev–Trinajstić information content (AvgIpc) is 2.39. The van der Waals surface area contributed by atoms with Crippen molar-refractivity contribution in [3.05, 3.63) is 69.5 Å². The third-order valence-corrected chi connectivity index (χ3v) is 3.17. The SMILES string of the molecule is Cc1ccc(C(O)c2ccc(Cl)c(F)c2)c(F)c1F. The van der Waals surface area contributed by atoms with Crippen LogP contribution < -0.4 is 0 Å². The fourth-order valence-electron chi connectivity index (χ4n) is 1.73. The van der Waals surface area contributed by atoms with Crippen LogP contribution >= 0.6 is 11.6 Å². The average molecular weight is 287 g/mol. The lowest BCUT2D eigenvalue weighted by Crippen LogP contribution is -2.05. The first-order valence-electron chi connectivity index (χ1n) is 5.49. The second kappa shape index (κ2) is 5.23. The summed E-state index contributed by atoms with van der Waals surface area (Å²) in [7, 11) is 0. The minimum absolute atomic E-state index is 0.101. The minimum atomic E-state index is -1.46. The Morgan fingerprint density at radius 3 is 2.37 bits per heavy atom. The molecule has 1 N–H and O–H groups in total. The van der Waals surface area contributed by atoms with Crippen LogP contribution in [0.3, 0.4) is 0 Å². The lowest BCUT2D eigenvalue weighted by molar-refractivity contribution is 0.212. The van der Waals surface area contributed by atoms with E-state index in [1.165, 1.54) is 31.2 Å². The summed E-state index contributed by atoms with van der Waals surface area (Å²) in [5.41, 5.74) is -0.00962. The van der Waals surface area contributed by atoms with Crippen LogP contribution in [-0.2, 0) is 0 Å². The van der Waals surface area contributed by atoms with Crippen molar-refractivity contribution in [2.75, 3.05) is 0 Å². The van der Waals surface area contributed by atoms with Crippen LogP contribution in [-0.4, -0.2) is 5.11 Å². The maximum atomic E-state index is 13.7. The highest BCUT2D eigenvalue weighted by atomic mass is 35.5. The van der Waals surface area contributed by atoms with Crippen molar-refractivity contribution >= 4 is 11.6 Å². The lowest BCUT2D eigenvalue weighted by atomic mass is 9.99. The van der Waals surface area contributed by atoms with Gasteiger partial charge in [-0.25, -0.2) is 13.2 Å². The zero-order chi connectivity index (χ0) is 14.2. The second-order valence-electron chi connectivity index (χ2n) is 4.18. The van der Waals surface area contributed by atoms with Crippen LogP contribution in [0.15, 0.2) is 30.3 Å². The zero-order valence-corrected chi connectivity index (χ0v) is 10.7. The van der Waals surface area contributed by atoms with Crippen LogP contribution in [0.2, 0.25) is 5.02 Å². The Morgan fingerprint density at radius 1 is 1.05 bits per heavy atom. The summed E-state index contributed by atoms with van der Waals surface area (Å²) in [6.45, 7) is 1.41. The predicted molar refractivity (Wildman–Crippen MR) is 66.6 cm³/mol. The molecule has 2 aromatic rings. The molecule has 0 aromatic heterocycles. The number of halogens is 4. The number of benzene rings is 2. The van der Waals surface area contributed by atoms with Crippen LogP contribution in [0.5, 0.6) is 0 Å². The van der Waals surface area contributed by atoms with Gasteiger partial charge in [-0.2, -0.15) is 0 Å². The van der Waals surface area contributed by atoms with Gasteiger partial charge in [0.1, 0.15) is 11.9 Å². The first-order chi connectivity index (χ1) is 8.91. The third-order valence-electron chi connectivity index (χ3n) is 2.86. The van der Waals surface area contributed by atoms with Gasteiger partial charge in [0.2, 0.25) is 0 Å². The number of aryl methyl sites for hydroxylation is 1. The van der Waals surface area contributed by atoms with Gasteiger partial charge in [-0.3, -0.25) is 0 Å². The Bertz CT molecular complexity index is 628. The van der Waals surface area contributed by atoms with Gasteiger partial charge in [-0.1, -0.05) is 29.8 Å². The summed E-state index contributed by atoms with van der Waals surface area (Å²) < 4.78 is 40.4. The van der Waals surface area contributed by atoms with E-state index < -0.39 is 23.6 Å². The molecule has 0 saturated heterocycles. The van der Waals surface area contributed by atoms with Gasteiger partial charge in [0.05, 0.1) is 5.02 Å². The summed E-state index contributed by atoms with van der Waals surface area (Å²) in [5.74, 6) is -2.89. The van der Waals surface area contributed by atoms with Gasteiger partial charge in [0.25, 0.3) is 0 Å². The monoisotopic (exact) mass is 286 g/mol. The number of aliphatic hydroxyl groups excluding tert-OH is 1. The molecule has 0 fully saturated rings. The highest BCUT2D eigenvalue weighted by molar-refractivity contribution is 6.30. The standard InChI is InChI=1S/C14H10ClF3O/c1-7-2-4-9(13(18)12(7)17)14(19)8-3-5-10(15)11(16)6-8/h2-6,14,19H,1H3. The molecular weight excluding hydrogens is 277 g/mol. The van der Waals surface area contributed by atoms with Gasteiger partial charge >= 0.3 is 0 Å². The number of aliphatic hydroxyl groups is 1. The summed E-state index contributed by atoms with van der Waals surface area (Å²) in [6, 6.07) is 6.21. The zero-order valence-electron chi connectivity index (χ0n) is 9.92. The fourth-order valence-corrected chi connectivity index (χ4v) is 1.85. The molecule has 0 bridgehead atoms. The first-order valence-corrected chi connectivity index (χ1v) is 5.87. The molecule has 0 heterocycles. The molecule has 2 rings (SSSR count). The number of hydrogen-bond donors (Lipinski definition) is 1. The molecule has 0 aliphatic rings. The van der Waals surface area contributed by atoms with Crippen molar-refractivity contribution in [1.29, 1.82) is 0 Å². The Morgan fingerprint density at radius 2 is 1.74 bits per heavy atom. The highest BCUT2D eigenvalue weighted by Crippen LogP contribution is 2.28.